The summed E-state index contributed by atoms with van der Waals surface area (Å²) in [6.07, 6.45) is 0.932. The van der Waals surface area contributed by atoms with Gasteiger partial charge in [-0.1, -0.05) is 18.2 Å². The summed E-state index contributed by atoms with van der Waals surface area (Å²) in [5.74, 6) is 0.640. The van der Waals surface area contributed by atoms with Crippen LogP contribution in [0.1, 0.15) is 22.2 Å². The van der Waals surface area contributed by atoms with Crippen molar-refractivity contribution < 1.29 is 14.3 Å². The maximum absolute atomic E-state index is 11.4. The number of ketones is 1. The Kier molecular flexibility index (Phi) is 5.77. The third-order valence-electron chi connectivity index (χ3n) is 2.82. The number of rotatable bonds is 8. The summed E-state index contributed by atoms with van der Waals surface area (Å²) >= 11 is 1.74. The van der Waals surface area contributed by atoms with Crippen molar-refractivity contribution in [1.82, 2.24) is 0 Å². The van der Waals surface area contributed by atoms with Crippen LogP contribution in [-0.2, 0) is 11.2 Å². The number of hydrogen-bond acceptors (Lipinski definition) is 4. The number of benzene rings is 1. The topological polar surface area (TPSA) is 35.5 Å². The van der Waals surface area contributed by atoms with E-state index in [0.29, 0.717) is 31.1 Å². The van der Waals surface area contributed by atoms with Crippen LogP contribution in [0.15, 0.2) is 41.8 Å². The molecule has 0 saturated carbocycles. The summed E-state index contributed by atoms with van der Waals surface area (Å²) in [7, 11) is 0. The fourth-order valence-corrected chi connectivity index (χ4v) is 2.51. The quantitative estimate of drug-likeness (QED) is 0.550. The van der Waals surface area contributed by atoms with Gasteiger partial charge >= 0.3 is 0 Å². The lowest BCUT2D eigenvalue weighted by atomic mass is 10.1. The first kappa shape index (κ1) is 14.8. The van der Waals surface area contributed by atoms with Crippen molar-refractivity contribution in [2.75, 3.05) is 19.8 Å². The maximum atomic E-state index is 11.4. The molecule has 1 heterocycles. The number of para-hydroxylation sites is 1. The molecule has 3 nitrogen and oxygen atoms in total. The van der Waals surface area contributed by atoms with Crippen molar-refractivity contribution in [2.45, 2.75) is 13.3 Å². The van der Waals surface area contributed by atoms with Gasteiger partial charge in [0.2, 0.25) is 0 Å². The number of carbonyl (C=O) groups excluding carboxylic acids is 1. The maximum Gasteiger partial charge on any atom is 0.163 e. The summed E-state index contributed by atoms with van der Waals surface area (Å²) in [5.41, 5.74) is 0.617. The van der Waals surface area contributed by atoms with Gasteiger partial charge in [0.05, 0.1) is 18.8 Å². The minimum atomic E-state index is 0.0132. The van der Waals surface area contributed by atoms with E-state index in [1.54, 1.807) is 24.3 Å². The van der Waals surface area contributed by atoms with Gasteiger partial charge in [-0.15, -0.1) is 11.3 Å². The normalized spacial score (nSPS) is 10.4. The van der Waals surface area contributed by atoms with Gasteiger partial charge in [0.15, 0.2) is 5.78 Å². The molecule has 0 N–H and O–H groups in total. The smallest absolute Gasteiger partial charge is 0.163 e. The molecule has 1 aromatic heterocycles. The zero-order valence-corrected chi connectivity index (χ0v) is 12.3. The lowest BCUT2D eigenvalue weighted by molar-refractivity contribution is 0.0972. The number of thiophene rings is 1. The summed E-state index contributed by atoms with van der Waals surface area (Å²) in [4.78, 5) is 12.7. The van der Waals surface area contributed by atoms with E-state index < -0.39 is 0 Å². The number of ether oxygens (including phenoxy) is 2. The molecule has 1 aromatic carbocycles. The molecule has 20 heavy (non-hydrogen) atoms. The van der Waals surface area contributed by atoms with Crippen LogP contribution < -0.4 is 4.74 Å². The third-order valence-corrected chi connectivity index (χ3v) is 3.76. The second-order valence-electron chi connectivity index (χ2n) is 4.34. The van der Waals surface area contributed by atoms with Crippen LogP contribution >= 0.6 is 11.3 Å². The van der Waals surface area contributed by atoms with Crippen LogP contribution in [0.5, 0.6) is 5.75 Å². The van der Waals surface area contributed by atoms with E-state index in [-0.39, 0.29) is 5.78 Å². The lowest BCUT2D eigenvalue weighted by Gasteiger charge is -2.09. The number of hydrogen-bond donors (Lipinski definition) is 0. The van der Waals surface area contributed by atoms with Gasteiger partial charge < -0.3 is 9.47 Å². The molecule has 0 aliphatic rings. The molecular weight excluding hydrogens is 272 g/mol. The molecule has 4 heteroatoms. The van der Waals surface area contributed by atoms with Crippen LogP contribution in [0.4, 0.5) is 0 Å². The van der Waals surface area contributed by atoms with Crippen molar-refractivity contribution in [3.63, 3.8) is 0 Å². The van der Waals surface area contributed by atoms with E-state index in [2.05, 4.69) is 11.4 Å². The molecule has 0 unspecified atom stereocenters. The van der Waals surface area contributed by atoms with Crippen molar-refractivity contribution in [3.05, 3.63) is 52.2 Å². The van der Waals surface area contributed by atoms with Crippen molar-refractivity contribution >= 4 is 17.1 Å². The third kappa shape index (κ3) is 4.47. The molecule has 2 aromatic rings. The molecule has 0 radical (unpaired) electrons. The van der Waals surface area contributed by atoms with Gasteiger partial charge in [-0.3, -0.25) is 4.79 Å². The zero-order valence-electron chi connectivity index (χ0n) is 11.5. The Morgan fingerprint density at radius 2 is 1.95 bits per heavy atom. The molecule has 0 saturated heterocycles. The molecule has 0 aliphatic carbocycles. The summed E-state index contributed by atoms with van der Waals surface area (Å²) in [6, 6.07) is 11.4. The molecular formula is C16H18O3S. The van der Waals surface area contributed by atoms with E-state index in [9.17, 15) is 4.79 Å². The van der Waals surface area contributed by atoms with Gasteiger partial charge in [0.1, 0.15) is 12.4 Å². The number of carbonyl (C=O) groups is 1. The average molecular weight is 290 g/mol. The van der Waals surface area contributed by atoms with E-state index >= 15 is 0 Å². The second kappa shape index (κ2) is 7.82. The van der Waals surface area contributed by atoms with E-state index in [1.165, 1.54) is 4.88 Å². The van der Waals surface area contributed by atoms with Gasteiger partial charge in [-0.05, 0) is 30.5 Å². The molecule has 0 amide bonds. The van der Waals surface area contributed by atoms with Crippen molar-refractivity contribution in [3.8, 4) is 5.75 Å². The van der Waals surface area contributed by atoms with E-state index in [0.717, 1.165) is 6.42 Å². The van der Waals surface area contributed by atoms with Gasteiger partial charge in [0.25, 0.3) is 0 Å². The highest BCUT2D eigenvalue weighted by Crippen LogP contribution is 2.18. The molecule has 106 valence electrons. The largest absolute Gasteiger partial charge is 0.490 e. The lowest BCUT2D eigenvalue weighted by Crippen LogP contribution is -2.10. The van der Waals surface area contributed by atoms with Gasteiger partial charge in [0, 0.05) is 11.3 Å². The standard InChI is InChI=1S/C16H18O3S/c1-13(17)15-6-2-3-7-16(15)19-11-10-18-9-8-14-5-4-12-20-14/h2-7,12H,8-11H2,1H3. The Morgan fingerprint density at radius 1 is 1.10 bits per heavy atom. The molecule has 0 spiro atoms. The fraction of sp³-hybridized carbons (Fsp3) is 0.312. The van der Waals surface area contributed by atoms with E-state index in [1.807, 2.05) is 24.3 Å². The first-order chi connectivity index (χ1) is 9.77. The molecule has 0 atom stereocenters. The Bertz CT molecular complexity index is 534. The SMILES string of the molecule is CC(=O)c1ccccc1OCCOCCc1cccs1. The first-order valence-corrected chi connectivity index (χ1v) is 7.48. The van der Waals surface area contributed by atoms with Crippen molar-refractivity contribution in [1.29, 1.82) is 0 Å². The Labute approximate surface area is 123 Å². The predicted molar refractivity (Wildman–Crippen MR) is 80.8 cm³/mol. The molecule has 0 bridgehead atoms. The minimum absolute atomic E-state index is 0.0132. The predicted octanol–water partition coefficient (Wildman–Crippen LogP) is 3.59. The highest BCUT2D eigenvalue weighted by Gasteiger charge is 2.06. The number of Topliss-reactive ketones (excluding diaryl/α,β-unsaturated/α-hetero) is 1. The fourth-order valence-electron chi connectivity index (χ4n) is 1.82. The van der Waals surface area contributed by atoms with Crippen LogP contribution in [0.3, 0.4) is 0 Å². The van der Waals surface area contributed by atoms with Crippen molar-refractivity contribution in [2.24, 2.45) is 0 Å². The second-order valence-corrected chi connectivity index (χ2v) is 5.37. The molecule has 0 fully saturated rings. The van der Waals surface area contributed by atoms with Gasteiger partial charge in [-0.2, -0.15) is 0 Å². The highest BCUT2D eigenvalue weighted by atomic mass is 32.1. The first-order valence-electron chi connectivity index (χ1n) is 6.60. The Balaban J connectivity index is 1.67. The summed E-state index contributed by atoms with van der Waals surface area (Å²) in [5, 5.41) is 2.07. The Hall–Kier alpha value is -1.65. The average Bonchev–Trinajstić information content (AvgIpc) is 2.96. The summed E-state index contributed by atoms with van der Waals surface area (Å²) < 4.78 is 11.1. The van der Waals surface area contributed by atoms with E-state index in [4.69, 9.17) is 9.47 Å². The van der Waals surface area contributed by atoms with Crippen LogP contribution in [0.25, 0.3) is 0 Å². The summed E-state index contributed by atoms with van der Waals surface area (Å²) in [6.45, 7) is 3.21. The van der Waals surface area contributed by atoms with Gasteiger partial charge in [-0.25, -0.2) is 0 Å². The van der Waals surface area contributed by atoms with Crippen LogP contribution in [0.2, 0.25) is 0 Å². The van der Waals surface area contributed by atoms with Crippen LogP contribution in [-0.4, -0.2) is 25.6 Å². The highest BCUT2D eigenvalue weighted by molar-refractivity contribution is 7.09. The minimum Gasteiger partial charge on any atom is -0.490 e. The monoisotopic (exact) mass is 290 g/mol. The molecule has 2 rings (SSSR count). The Morgan fingerprint density at radius 3 is 2.70 bits per heavy atom. The molecule has 0 aliphatic heterocycles. The zero-order chi connectivity index (χ0) is 14.2. The van der Waals surface area contributed by atoms with Crippen LogP contribution in [0, 0.1) is 0 Å².